The van der Waals surface area contributed by atoms with Crippen LogP contribution < -0.4 is 10.4 Å². The van der Waals surface area contributed by atoms with Crippen LogP contribution >= 0.6 is 11.3 Å². The van der Waals surface area contributed by atoms with Crippen molar-refractivity contribution in [3.05, 3.63) is 112 Å². The molecule has 0 spiro atoms. The molecule has 1 saturated heterocycles. The minimum absolute atomic E-state index is 0.108. The second kappa shape index (κ2) is 14.7. The van der Waals surface area contributed by atoms with Gasteiger partial charge < -0.3 is 14.3 Å². The molecular weight excluding hydrogens is 675 g/mol. The normalized spacial score (nSPS) is 20.6. The van der Waals surface area contributed by atoms with Crippen LogP contribution in [0.5, 0.6) is 0 Å². The number of H-pyrrole nitrogens is 1. The zero-order valence-electron chi connectivity index (χ0n) is 30.7. The fraction of sp³-hybridized carbons (Fsp3) is 0.452. The average Bonchev–Trinajstić information content (AvgIpc) is 3.85. The van der Waals surface area contributed by atoms with Gasteiger partial charge >= 0.3 is 0 Å². The number of nitrogens with zero attached hydrogens (tertiary/aromatic N) is 3. The van der Waals surface area contributed by atoms with Crippen molar-refractivity contribution in [2.45, 2.75) is 83.3 Å². The topological polar surface area (TPSA) is 44.4 Å². The van der Waals surface area contributed by atoms with E-state index < -0.39 is 32.4 Å². The lowest BCUT2D eigenvalue weighted by Crippen LogP contribution is -2.67. The van der Waals surface area contributed by atoms with Crippen molar-refractivity contribution in [1.29, 1.82) is 0 Å². The van der Waals surface area contributed by atoms with E-state index in [0.717, 1.165) is 57.5 Å². The Hall–Kier alpha value is -3.21. The number of aromatic amines is 1. The van der Waals surface area contributed by atoms with Gasteiger partial charge in [0.1, 0.15) is 0 Å². The van der Waals surface area contributed by atoms with E-state index in [-0.39, 0.29) is 12.1 Å². The number of likely N-dealkylation sites (tertiary alicyclic amines) is 1. The van der Waals surface area contributed by atoms with E-state index in [1.807, 2.05) is 53.6 Å². The molecule has 0 saturated carbocycles. The Balaban J connectivity index is 1.20. The van der Waals surface area contributed by atoms with Crippen LogP contribution in [-0.2, 0) is 17.3 Å². The largest absolute Gasteiger partial charge is 0.401 e. The molecule has 5 nitrogen and oxygen atoms in total. The summed E-state index contributed by atoms with van der Waals surface area (Å²) in [6, 6.07) is 28.0. The smallest absolute Gasteiger partial charge is 0.282 e. The number of para-hydroxylation sites is 1. The summed E-state index contributed by atoms with van der Waals surface area (Å²) in [5.74, 6) is -2.52. The van der Waals surface area contributed by atoms with Crippen LogP contribution in [0.4, 0.5) is 8.78 Å². The van der Waals surface area contributed by atoms with Crippen LogP contribution in [0.1, 0.15) is 74.6 Å². The van der Waals surface area contributed by atoms with E-state index in [1.54, 1.807) is 11.3 Å². The van der Waals surface area contributed by atoms with E-state index in [9.17, 15) is 0 Å². The summed E-state index contributed by atoms with van der Waals surface area (Å²) in [4.78, 5) is 14.2. The number of hydrogen-bond acceptors (Lipinski definition) is 5. The number of rotatable bonds is 12. The molecule has 2 aromatic heterocycles. The van der Waals surface area contributed by atoms with Crippen molar-refractivity contribution in [2.24, 2.45) is 5.92 Å². The lowest BCUT2D eigenvalue weighted by molar-refractivity contribution is -0.0818. The van der Waals surface area contributed by atoms with Gasteiger partial charge in [-0.25, -0.2) is 13.8 Å². The quantitative estimate of drug-likeness (QED) is 0.131. The Morgan fingerprint density at radius 1 is 0.961 bits per heavy atom. The van der Waals surface area contributed by atoms with Gasteiger partial charge in [-0.15, -0.1) is 11.3 Å². The highest BCUT2D eigenvalue weighted by atomic mass is 32.1. The average molecular weight is 727 g/mol. The van der Waals surface area contributed by atoms with E-state index >= 15 is 8.78 Å². The highest BCUT2D eigenvalue weighted by Crippen LogP contribution is 2.44. The Kier molecular flexibility index (Phi) is 10.4. The first-order chi connectivity index (χ1) is 24.5. The molecule has 0 bridgehead atoms. The molecule has 270 valence electrons. The van der Waals surface area contributed by atoms with Crippen molar-refractivity contribution < 1.29 is 13.2 Å². The highest BCUT2D eigenvalue weighted by Gasteiger charge is 2.52. The summed E-state index contributed by atoms with van der Waals surface area (Å²) in [6.45, 7) is 13.1. The van der Waals surface area contributed by atoms with Crippen molar-refractivity contribution in [1.82, 2.24) is 19.8 Å². The van der Waals surface area contributed by atoms with Crippen LogP contribution in [0.25, 0.3) is 10.9 Å². The fourth-order valence-electron chi connectivity index (χ4n) is 8.74. The molecule has 0 aliphatic carbocycles. The Labute approximate surface area is 307 Å². The predicted molar refractivity (Wildman–Crippen MR) is 209 cm³/mol. The number of alkyl halides is 2. The maximum absolute atomic E-state index is 16.8. The van der Waals surface area contributed by atoms with Crippen LogP contribution in [0.2, 0.25) is 5.04 Å². The lowest BCUT2D eigenvalue weighted by Gasteiger charge is -2.45. The number of aromatic nitrogens is 2. The third-order valence-corrected chi connectivity index (χ3v) is 17.1. The van der Waals surface area contributed by atoms with Crippen LogP contribution in [0, 0.1) is 5.92 Å². The number of hydrogen-bond donors (Lipinski definition) is 1. The maximum Gasteiger partial charge on any atom is 0.282 e. The summed E-state index contributed by atoms with van der Waals surface area (Å²) in [5, 5.41) is 3.90. The molecule has 2 aliphatic rings. The van der Waals surface area contributed by atoms with Crippen LogP contribution in [0.15, 0.2) is 91.1 Å². The first kappa shape index (κ1) is 36.2. The monoisotopic (exact) mass is 726 g/mol. The summed E-state index contributed by atoms with van der Waals surface area (Å²) < 4.78 is 40.4. The molecular formula is C42H52F2N4OSSi. The molecule has 0 unspecified atom stereocenters. The standard InChI is InChI=1S/C42H52F2N4OSSi/c1-6-22-47-23-21-31(27-47)25-38-45-26-37(50-38)40-39-35(34-19-13-14-20-36(34)46-39)24-30(2)48(40)28-42(43,44)29-49-51(41(3,4)5,32-15-9-7-10-16-32)33-17-11-8-12-18-33/h7-20,26,30-31,40,46H,6,21-25,27-29H2,1-5H3/t30-,31+,40-/m1/s1. The van der Waals surface area contributed by atoms with E-state index in [4.69, 9.17) is 9.41 Å². The summed E-state index contributed by atoms with van der Waals surface area (Å²) in [6.07, 6.45) is 5.95. The van der Waals surface area contributed by atoms with Gasteiger partial charge in [0.2, 0.25) is 0 Å². The molecule has 9 heteroatoms. The van der Waals surface area contributed by atoms with Crippen molar-refractivity contribution >= 4 is 40.9 Å². The first-order valence-corrected chi connectivity index (χ1v) is 21.4. The van der Waals surface area contributed by atoms with Gasteiger partial charge in [-0.3, -0.25) is 4.90 Å². The van der Waals surface area contributed by atoms with E-state index in [1.165, 1.54) is 23.8 Å². The SMILES string of the molecule is CCCN1CC[C@@H](Cc2ncc([C@@H]3c4[nH]c5ccccc5c4C[C@@H](C)N3CC(F)(F)CO[Si](c3ccccc3)(c3ccccc3)C(C)(C)C)s2)C1. The Bertz CT molecular complexity index is 1870. The van der Waals surface area contributed by atoms with Gasteiger partial charge in [0.25, 0.3) is 14.2 Å². The van der Waals surface area contributed by atoms with Gasteiger partial charge in [-0.2, -0.15) is 0 Å². The van der Waals surface area contributed by atoms with Crippen molar-refractivity contribution in [3.63, 3.8) is 0 Å². The third kappa shape index (κ3) is 7.25. The van der Waals surface area contributed by atoms with E-state index in [0.29, 0.717) is 12.3 Å². The second-order valence-corrected chi connectivity index (χ2v) is 21.3. The first-order valence-electron chi connectivity index (χ1n) is 18.6. The van der Waals surface area contributed by atoms with Crippen LogP contribution in [0.3, 0.4) is 0 Å². The van der Waals surface area contributed by atoms with Gasteiger partial charge in [0.15, 0.2) is 0 Å². The van der Waals surface area contributed by atoms with Crippen molar-refractivity contribution in [2.75, 3.05) is 32.8 Å². The van der Waals surface area contributed by atoms with Gasteiger partial charge in [0, 0.05) is 46.7 Å². The molecule has 7 rings (SSSR count). The number of fused-ring (bicyclic) bond motifs is 3. The predicted octanol–water partition coefficient (Wildman–Crippen LogP) is 8.45. The zero-order valence-corrected chi connectivity index (χ0v) is 32.5. The zero-order chi connectivity index (χ0) is 35.8. The van der Waals surface area contributed by atoms with Crippen LogP contribution in [-0.4, -0.2) is 72.8 Å². The molecule has 51 heavy (non-hydrogen) atoms. The molecule has 3 aromatic carbocycles. The molecule has 5 aromatic rings. The number of benzene rings is 3. The molecule has 4 heterocycles. The number of halogens is 2. The second-order valence-electron chi connectivity index (χ2n) is 15.8. The molecule has 3 atom stereocenters. The molecule has 0 amide bonds. The minimum Gasteiger partial charge on any atom is -0.401 e. The molecule has 2 aliphatic heterocycles. The Morgan fingerprint density at radius 3 is 2.29 bits per heavy atom. The summed E-state index contributed by atoms with van der Waals surface area (Å²) in [5.41, 5.74) is 3.30. The maximum atomic E-state index is 16.8. The van der Waals surface area contributed by atoms with Gasteiger partial charge in [-0.05, 0) is 72.2 Å². The summed E-state index contributed by atoms with van der Waals surface area (Å²) in [7, 11) is -3.14. The third-order valence-electron chi connectivity index (χ3n) is 11.1. The molecule has 1 N–H and O–H groups in total. The fourth-order valence-corrected chi connectivity index (χ4v) is 14.5. The lowest BCUT2D eigenvalue weighted by atomic mass is 9.91. The number of nitrogens with one attached hydrogen (secondary N) is 1. The minimum atomic E-state index is -3.14. The van der Waals surface area contributed by atoms with Crippen molar-refractivity contribution in [3.8, 4) is 0 Å². The molecule has 1 fully saturated rings. The van der Waals surface area contributed by atoms with E-state index in [2.05, 4.69) is 87.0 Å². The molecule has 0 radical (unpaired) electrons. The van der Waals surface area contributed by atoms with Gasteiger partial charge in [0.05, 0.1) is 24.2 Å². The van der Waals surface area contributed by atoms with Gasteiger partial charge in [-0.1, -0.05) is 107 Å². The number of thiazole rings is 1. The Morgan fingerprint density at radius 2 is 1.63 bits per heavy atom. The summed E-state index contributed by atoms with van der Waals surface area (Å²) >= 11 is 1.70. The highest BCUT2D eigenvalue weighted by molar-refractivity contribution is 7.11.